The Labute approximate surface area is 168 Å². The van der Waals surface area contributed by atoms with Crippen molar-refractivity contribution in [3.8, 4) is 0 Å². The van der Waals surface area contributed by atoms with Crippen LogP contribution in [0.1, 0.15) is 27.4 Å². The highest BCUT2D eigenvalue weighted by Crippen LogP contribution is 2.17. The van der Waals surface area contributed by atoms with Crippen LogP contribution in [0.15, 0.2) is 58.2 Å². The predicted octanol–water partition coefficient (Wildman–Crippen LogP) is 3.07. The van der Waals surface area contributed by atoms with E-state index in [9.17, 15) is 14.9 Å². The van der Waals surface area contributed by atoms with Gasteiger partial charge in [-0.05, 0) is 40.5 Å². The van der Waals surface area contributed by atoms with Crippen LogP contribution in [0.25, 0.3) is 0 Å². The molecule has 0 saturated heterocycles. The van der Waals surface area contributed by atoms with Crippen molar-refractivity contribution in [2.75, 3.05) is 0 Å². The van der Waals surface area contributed by atoms with Gasteiger partial charge >= 0.3 is 0 Å². The lowest BCUT2D eigenvalue weighted by Gasteiger charge is -2.01. The summed E-state index contributed by atoms with van der Waals surface area (Å²) in [6.45, 7) is 2.23. The van der Waals surface area contributed by atoms with E-state index in [4.69, 9.17) is 0 Å². The maximum absolute atomic E-state index is 12.3. The molecule has 3 rings (SSSR count). The van der Waals surface area contributed by atoms with Gasteiger partial charge in [0.1, 0.15) is 0 Å². The molecule has 2 aromatic heterocycles. The van der Waals surface area contributed by atoms with Gasteiger partial charge in [0.05, 0.1) is 27.8 Å². The standard InChI is InChI=1S/C18H15BrN6O3/c1-12-3-2-4-14(21-12)9-20-22-18(26)17-16(19)11-24(23-17)10-13-5-7-15(8-6-13)25(27)28/h2-9,11H,10H2,1H3,(H,22,26). The Balaban J connectivity index is 1.65. The van der Waals surface area contributed by atoms with E-state index in [-0.39, 0.29) is 11.4 Å². The molecule has 0 atom stereocenters. The minimum absolute atomic E-state index is 0.0198. The van der Waals surface area contributed by atoms with Crippen molar-refractivity contribution >= 4 is 33.7 Å². The smallest absolute Gasteiger partial charge is 0.266 e. The molecule has 0 bridgehead atoms. The Morgan fingerprint density at radius 2 is 2.07 bits per heavy atom. The summed E-state index contributed by atoms with van der Waals surface area (Å²) in [4.78, 5) is 26.8. The number of pyridine rings is 1. The summed E-state index contributed by atoms with van der Waals surface area (Å²) < 4.78 is 2.07. The molecule has 0 fully saturated rings. The van der Waals surface area contributed by atoms with Crippen LogP contribution >= 0.6 is 15.9 Å². The third-order valence-electron chi connectivity index (χ3n) is 3.70. The summed E-state index contributed by atoms with van der Waals surface area (Å²) in [6.07, 6.45) is 3.11. The second-order valence-corrected chi connectivity index (χ2v) is 6.70. The molecule has 0 unspecified atom stereocenters. The molecule has 1 amide bonds. The highest BCUT2D eigenvalue weighted by atomic mass is 79.9. The molecule has 1 aromatic carbocycles. The van der Waals surface area contributed by atoms with Gasteiger partial charge in [0.2, 0.25) is 0 Å². The SMILES string of the molecule is Cc1cccc(C=NNC(=O)c2nn(Cc3ccc([N+](=O)[O-])cc3)cc2Br)n1. The number of benzene rings is 1. The Morgan fingerprint density at radius 3 is 2.75 bits per heavy atom. The summed E-state index contributed by atoms with van der Waals surface area (Å²) >= 11 is 3.31. The fraction of sp³-hybridized carbons (Fsp3) is 0.111. The number of nitrogens with one attached hydrogen (secondary N) is 1. The zero-order valence-corrected chi connectivity index (χ0v) is 16.3. The topological polar surface area (TPSA) is 115 Å². The largest absolute Gasteiger partial charge is 0.293 e. The number of hydrogen-bond donors (Lipinski definition) is 1. The van der Waals surface area contributed by atoms with E-state index in [2.05, 4.69) is 36.5 Å². The van der Waals surface area contributed by atoms with Crippen LogP contribution in [0, 0.1) is 17.0 Å². The fourth-order valence-electron chi connectivity index (χ4n) is 2.39. The van der Waals surface area contributed by atoms with Gasteiger partial charge in [0.25, 0.3) is 11.6 Å². The maximum Gasteiger partial charge on any atom is 0.293 e. The highest BCUT2D eigenvalue weighted by Gasteiger charge is 2.15. The summed E-state index contributed by atoms with van der Waals surface area (Å²) in [7, 11) is 0. The highest BCUT2D eigenvalue weighted by molar-refractivity contribution is 9.10. The van der Waals surface area contributed by atoms with Gasteiger partial charge in [-0.25, -0.2) is 5.43 Å². The van der Waals surface area contributed by atoms with Crippen LogP contribution < -0.4 is 5.43 Å². The average molecular weight is 443 g/mol. The van der Waals surface area contributed by atoms with Gasteiger partial charge in [-0.1, -0.05) is 18.2 Å². The van der Waals surface area contributed by atoms with E-state index in [0.29, 0.717) is 16.7 Å². The average Bonchev–Trinajstić information content (AvgIpc) is 3.02. The lowest BCUT2D eigenvalue weighted by atomic mass is 10.2. The number of carbonyl (C=O) groups is 1. The first-order valence-electron chi connectivity index (χ1n) is 8.16. The number of nitrogens with zero attached hydrogens (tertiary/aromatic N) is 5. The molecule has 1 N–H and O–H groups in total. The van der Waals surface area contributed by atoms with Gasteiger partial charge in [-0.15, -0.1) is 0 Å². The monoisotopic (exact) mass is 442 g/mol. The van der Waals surface area contributed by atoms with E-state index < -0.39 is 10.8 Å². The van der Waals surface area contributed by atoms with Crippen LogP contribution in [0.2, 0.25) is 0 Å². The number of amides is 1. The van der Waals surface area contributed by atoms with E-state index in [1.807, 2.05) is 19.1 Å². The van der Waals surface area contributed by atoms with E-state index in [1.54, 1.807) is 29.1 Å². The molecule has 0 aliphatic rings. The molecule has 2 heterocycles. The number of rotatable bonds is 6. The number of nitro benzene ring substituents is 1. The quantitative estimate of drug-likeness (QED) is 0.357. The number of aryl methyl sites for hydroxylation is 1. The minimum atomic E-state index is -0.474. The van der Waals surface area contributed by atoms with E-state index in [1.165, 1.54) is 18.3 Å². The van der Waals surface area contributed by atoms with Crippen LogP contribution in [-0.2, 0) is 6.54 Å². The van der Waals surface area contributed by atoms with Crippen LogP contribution in [-0.4, -0.2) is 31.8 Å². The molecule has 10 heteroatoms. The number of nitro groups is 1. The lowest BCUT2D eigenvalue weighted by molar-refractivity contribution is -0.384. The zero-order chi connectivity index (χ0) is 20.1. The molecule has 0 radical (unpaired) electrons. The maximum atomic E-state index is 12.3. The van der Waals surface area contributed by atoms with Crippen molar-refractivity contribution in [3.63, 3.8) is 0 Å². The van der Waals surface area contributed by atoms with Crippen molar-refractivity contribution in [1.29, 1.82) is 0 Å². The van der Waals surface area contributed by atoms with Gasteiger partial charge in [-0.2, -0.15) is 10.2 Å². The summed E-state index contributed by atoms with van der Waals surface area (Å²) in [5, 5.41) is 18.8. The number of hydrogen-bond acceptors (Lipinski definition) is 6. The Morgan fingerprint density at radius 1 is 1.32 bits per heavy atom. The predicted molar refractivity (Wildman–Crippen MR) is 106 cm³/mol. The molecule has 0 saturated carbocycles. The third kappa shape index (κ3) is 4.86. The third-order valence-corrected chi connectivity index (χ3v) is 4.28. The number of non-ortho nitro benzene ring substituents is 1. The Bertz CT molecular complexity index is 1050. The normalized spacial score (nSPS) is 10.9. The lowest BCUT2D eigenvalue weighted by Crippen LogP contribution is -2.19. The first kappa shape index (κ1) is 19.4. The number of hydrazone groups is 1. The van der Waals surface area contributed by atoms with Gasteiger partial charge in [-0.3, -0.25) is 24.6 Å². The van der Waals surface area contributed by atoms with Gasteiger partial charge in [0, 0.05) is 24.0 Å². The molecule has 0 aliphatic carbocycles. The molecule has 0 aliphatic heterocycles. The van der Waals surface area contributed by atoms with Crippen LogP contribution in [0.3, 0.4) is 0 Å². The first-order chi connectivity index (χ1) is 13.4. The van der Waals surface area contributed by atoms with Gasteiger partial charge in [0.15, 0.2) is 5.69 Å². The van der Waals surface area contributed by atoms with Crippen molar-refractivity contribution in [2.45, 2.75) is 13.5 Å². The Hall–Kier alpha value is -3.40. The molecule has 9 nitrogen and oxygen atoms in total. The molecular weight excluding hydrogens is 428 g/mol. The summed E-state index contributed by atoms with van der Waals surface area (Å²) in [5.41, 5.74) is 4.91. The Kier molecular flexibility index (Phi) is 5.90. The molecular formula is C18H15BrN6O3. The van der Waals surface area contributed by atoms with E-state index >= 15 is 0 Å². The second kappa shape index (κ2) is 8.53. The molecule has 28 heavy (non-hydrogen) atoms. The second-order valence-electron chi connectivity index (χ2n) is 5.85. The van der Waals surface area contributed by atoms with Gasteiger partial charge < -0.3 is 0 Å². The molecule has 142 valence electrons. The first-order valence-corrected chi connectivity index (χ1v) is 8.95. The van der Waals surface area contributed by atoms with Crippen molar-refractivity contribution in [3.05, 3.63) is 85.9 Å². The summed E-state index contributed by atoms with van der Waals surface area (Å²) in [6, 6.07) is 11.6. The minimum Gasteiger partial charge on any atom is -0.266 e. The van der Waals surface area contributed by atoms with Crippen LogP contribution in [0.4, 0.5) is 5.69 Å². The molecule has 0 spiro atoms. The number of halogens is 1. The molecule has 3 aromatic rings. The summed E-state index contributed by atoms with van der Waals surface area (Å²) in [5.74, 6) is -0.474. The van der Waals surface area contributed by atoms with E-state index in [0.717, 1.165) is 11.3 Å². The van der Waals surface area contributed by atoms with Crippen molar-refractivity contribution in [2.24, 2.45) is 5.10 Å². The number of aromatic nitrogens is 3. The zero-order valence-electron chi connectivity index (χ0n) is 14.7. The van der Waals surface area contributed by atoms with Crippen molar-refractivity contribution < 1.29 is 9.72 Å². The number of carbonyl (C=O) groups excluding carboxylic acids is 1. The van der Waals surface area contributed by atoms with Crippen molar-refractivity contribution in [1.82, 2.24) is 20.2 Å². The fourth-order valence-corrected chi connectivity index (χ4v) is 2.88. The van der Waals surface area contributed by atoms with Crippen LogP contribution in [0.5, 0.6) is 0 Å².